The zero-order chi connectivity index (χ0) is 11.3. The van der Waals surface area contributed by atoms with Crippen LogP contribution < -0.4 is 10.5 Å². The van der Waals surface area contributed by atoms with Crippen molar-refractivity contribution < 1.29 is 14.6 Å². The Morgan fingerprint density at radius 3 is 2.53 bits per heavy atom. The van der Waals surface area contributed by atoms with Crippen molar-refractivity contribution in [1.29, 1.82) is 0 Å². The Balaban J connectivity index is 2.53. The number of carbonyl (C=O) groups is 1. The lowest BCUT2D eigenvalue weighted by Gasteiger charge is -2.09. The number of aliphatic carboxylic acids is 1. The second kappa shape index (κ2) is 5.36. The first kappa shape index (κ1) is 11.5. The van der Waals surface area contributed by atoms with Crippen molar-refractivity contribution in [2.75, 3.05) is 7.11 Å². The predicted molar refractivity (Wildman–Crippen MR) is 56.9 cm³/mol. The zero-order valence-electron chi connectivity index (χ0n) is 8.64. The second-order valence-corrected chi connectivity index (χ2v) is 3.41. The van der Waals surface area contributed by atoms with Crippen LogP contribution in [0.5, 0.6) is 5.75 Å². The first-order valence-corrected chi connectivity index (χ1v) is 4.72. The average molecular weight is 209 g/mol. The molecule has 0 fully saturated rings. The summed E-state index contributed by atoms with van der Waals surface area (Å²) >= 11 is 0. The molecule has 0 heterocycles. The highest BCUT2D eigenvalue weighted by atomic mass is 16.5. The number of benzene rings is 1. The van der Waals surface area contributed by atoms with E-state index in [0.29, 0.717) is 6.42 Å². The molecule has 82 valence electrons. The highest BCUT2D eigenvalue weighted by Crippen LogP contribution is 2.12. The van der Waals surface area contributed by atoms with Gasteiger partial charge in [-0.3, -0.25) is 4.79 Å². The Morgan fingerprint density at radius 2 is 2.07 bits per heavy atom. The van der Waals surface area contributed by atoms with Crippen molar-refractivity contribution >= 4 is 5.97 Å². The standard InChI is InChI=1S/C11H15NO3/c1-15-10-4-2-8(3-5-10)6-9(12)7-11(13)14/h2-5,9H,6-7,12H2,1H3,(H,13,14)/t9-/m1/s1. The molecule has 4 heteroatoms. The largest absolute Gasteiger partial charge is 0.497 e. The molecular formula is C11H15NO3. The third-order valence-electron chi connectivity index (χ3n) is 2.09. The maximum atomic E-state index is 10.4. The van der Waals surface area contributed by atoms with Crippen LogP contribution >= 0.6 is 0 Å². The van der Waals surface area contributed by atoms with E-state index in [4.69, 9.17) is 15.6 Å². The highest BCUT2D eigenvalue weighted by molar-refractivity contribution is 5.67. The molecule has 0 aliphatic carbocycles. The zero-order valence-corrected chi connectivity index (χ0v) is 8.64. The first-order valence-electron chi connectivity index (χ1n) is 4.72. The number of carboxylic acid groups (broad SMARTS) is 1. The van der Waals surface area contributed by atoms with Gasteiger partial charge < -0.3 is 15.6 Å². The summed E-state index contributed by atoms with van der Waals surface area (Å²) in [4.78, 5) is 10.4. The number of methoxy groups -OCH3 is 1. The van der Waals surface area contributed by atoms with E-state index in [-0.39, 0.29) is 12.5 Å². The lowest BCUT2D eigenvalue weighted by atomic mass is 10.0. The molecule has 1 rings (SSSR count). The molecule has 0 aliphatic heterocycles. The van der Waals surface area contributed by atoms with Gasteiger partial charge >= 0.3 is 5.97 Å². The minimum absolute atomic E-state index is 0.00791. The van der Waals surface area contributed by atoms with Crippen molar-refractivity contribution in [3.05, 3.63) is 29.8 Å². The Labute approximate surface area is 88.7 Å². The number of ether oxygens (including phenoxy) is 1. The number of carboxylic acids is 1. The summed E-state index contributed by atoms with van der Waals surface area (Å²) in [6, 6.07) is 7.11. The van der Waals surface area contributed by atoms with Crippen LogP contribution in [0.3, 0.4) is 0 Å². The molecule has 0 unspecified atom stereocenters. The van der Waals surface area contributed by atoms with Gasteiger partial charge in [0.05, 0.1) is 13.5 Å². The second-order valence-electron chi connectivity index (χ2n) is 3.41. The van der Waals surface area contributed by atoms with Gasteiger partial charge in [0.15, 0.2) is 0 Å². The molecule has 0 radical (unpaired) electrons. The summed E-state index contributed by atoms with van der Waals surface area (Å²) in [6.45, 7) is 0. The quantitative estimate of drug-likeness (QED) is 0.760. The summed E-state index contributed by atoms with van der Waals surface area (Å²) in [5.41, 5.74) is 6.68. The molecular weight excluding hydrogens is 194 g/mol. The maximum absolute atomic E-state index is 10.4. The van der Waals surface area contributed by atoms with Crippen LogP contribution in [0.25, 0.3) is 0 Å². The molecule has 1 aromatic carbocycles. The normalized spacial score (nSPS) is 12.1. The molecule has 0 bridgehead atoms. The van der Waals surface area contributed by atoms with Crippen molar-refractivity contribution in [2.45, 2.75) is 18.9 Å². The fourth-order valence-corrected chi connectivity index (χ4v) is 1.36. The van der Waals surface area contributed by atoms with Crippen LogP contribution in [0, 0.1) is 0 Å². The predicted octanol–water partition coefficient (Wildman–Crippen LogP) is 1.04. The molecule has 15 heavy (non-hydrogen) atoms. The maximum Gasteiger partial charge on any atom is 0.304 e. The van der Waals surface area contributed by atoms with Crippen molar-refractivity contribution in [3.63, 3.8) is 0 Å². The Morgan fingerprint density at radius 1 is 1.47 bits per heavy atom. The van der Waals surface area contributed by atoms with E-state index in [1.54, 1.807) is 7.11 Å². The topological polar surface area (TPSA) is 72.5 Å². The van der Waals surface area contributed by atoms with Gasteiger partial charge in [0.2, 0.25) is 0 Å². The van der Waals surface area contributed by atoms with Crippen LogP contribution in [0.15, 0.2) is 24.3 Å². The van der Waals surface area contributed by atoms with E-state index in [0.717, 1.165) is 11.3 Å². The summed E-state index contributed by atoms with van der Waals surface area (Å²) in [5.74, 6) is -0.0819. The third kappa shape index (κ3) is 3.99. The van der Waals surface area contributed by atoms with E-state index < -0.39 is 5.97 Å². The van der Waals surface area contributed by atoms with Crippen LogP contribution in [-0.4, -0.2) is 24.2 Å². The molecule has 0 saturated carbocycles. The molecule has 0 aliphatic rings. The fraction of sp³-hybridized carbons (Fsp3) is 0.364. The molecule has 0 aromatic heterocycles. The summed E-state index contributed by atoms with van der Waals surface area (Å²) < 4.78 is 5.01. The molecule has 4 nitrogen and oxygen atoms in total. The lowest BCUT2D eigenvalue weighted by molar-refractivity contribution is -0.137. The van der Waals surface area contributed by atoms with Crippen LogP contribution in [0.4, 0.5) is 0 Å². The molecule has 0 spiro atoms. The van der Waals surface area contributed by atoms with Crippen molar-refractivity contribution in [2.24, 2.45) is 5.73 Å². The monoisotopic (exact) mass is 209 g/mol. The molecule has 3 N–H and O–H groups in total. The van der Waals surface area contributed by atoms with Crippen LogP contribution in [0.2, 0.25) is 0 Å². The van der Waals surface area contributed by atoms with E-state index in [9.17, 15) is 4.79 Å². The van der Waals surface area contributed by atoms with Gasteiger partial charge in [-0.15, -0.1) is 0 Å². The lowest BCUT2D eigenvalue weighted by Crippen LogP contribution is -2.26. The average Bonchev–Trinajstić information content (AvgIpc) is 2.17. The fourth-order valence-electron chi connectivity index (χ4n) is 1.36. The molecule has 1 aromatic rings. The summed E-state index contributed by atoms with van der Waals surface area (Å²) in [7, 11) is 1.60. The SMILES string of the molecule is COc1ccc(C[C@@H](N)CC(=O)O)cc1. The Hall–Kier alpha value is -1.55. The minimum atomic E-state index is -0.865. The molecule has 1 atom stereocenters. The van der Waals surface area contributed by atoms with E-state index in [2.05, 4.69) is 0 Å². The van der Waals surface area contributed by atoms with E-state index in [1.165, 1.54) is 0 Å². The van der Waals surface area contributed by atoms with Gasteiger partial charge in [-0.1, -0.05) is 12.1 Å². The van der Waals surface area contributed by atoms with Crippen LogP contribution in [-0.2, 0) is 11.2 Å². The van der Waals surface area contributed by atoms with Gasteiger partial charge in [-0.2, -0.15) is 0 Å². The summed E-state index contributed by atoms with van der Waals surface area (Å²) in [5, 5.41) is 8.54. The Kier molecular flexibility index (Phi) is 4.12. The smallest absolute Gasteiger partial charge is 0.304 e. The van der Waals surface area contributed by atoms with Gasteiger partial charge in [-0.05, 0) is 24.1 Å². The molecule has 0 amide bonds. The van der Waals surface area contributed by atoms with Gasteiger partial charge in [0.1, 0.15) is 5.75 Å². The van der Waals surface area contributed by atoms with E-state index >= 15 is 0 Å². The number of hydrogen-bond acceptors (Lipinski definition) is 3. The van der Waals surface area contributed by atoms with Crippen molar-refractivity contribution in [1.82, 2.24) is 0 Å². The highest BCUT2D eigenvalue weighted by Gasteiger charge is 2.08. The first-order chi connectivity index (χ1) is 7.11. The van der Waals surface area contributed by atoms with Gasteiger partial charge in [0, 0.05) is 6.04 Å². The number of nitrogens with two attached hydrogens (primary N) is 1. The number of hydrogen-bond donors (Lipinski definition) is 2. The summed E-state index contributed by atoms with van der Waals surface area (Å²) in [6.07, 6.45) is 0.558. The van der Waals surface area contributed by atoms with Crippen LogP contribution in [0.1, 0.15) is 12.0 Å². The van der Waals surface area contributed by atoms with Gasteiger partial charge in [-0.25, -0.2) is 0 Å². The third-order valence-corrected chi connectivity index (χ3v) is 2.09. The van der Waals surface area contributed by atoms with E-state index in [1.807, 2.05) is 24.3 Å². The minimum Gasteiger partial charge on any atom is -0.497 e. The molecule has 0 saturated heterocycles. The Bertz CT molecular complexity index is 321. The van der Waals surface area contributed by atoms with Gasteiger partial charge in [0.25, 0.3) is 0 Å². The number of rotatable bonds is 5. The van der Waals surface area contributed by atoms with Crippen molar-refractivity contribution in [3.8, 4) is 5.75 Å².